The summed E-state index contributed by atoms with van der Waals surface area (Å²) in [6.07, 6.45) is -1.63. The summed E-state index contributed by atoms with van der Waals surface area (Å²) in [6.45, 7) is 4.42. The van der Waals surface area contributed by atoms with Crippen LogP contribution in [0.25, 0.3) is 0 Å². The minimum absolute atomic E-state index is 0.0240. The molecule has 14 N–H and O–H groups in total. The molecule has 0 aromatic heterocycles. The molecule has 5 rings (SSSR count). The van der Waals surface area contributed by atoms with Gasteiger partial charge in [0.1, 0.15) is 83.3 Å². The van der Waals surface area contributed by atoms with Crippen molar-refractivity contribution in [3.8, 4) is 0 Å². The molecule has 0 aromatic rings. The van der Waals surface area contributed by atoms with Crippen molar-refractivity contribution in [3.63, 3.8) is 0 Å². The van der Waals surface area contributed by atoms with E-state index < -0.39 is 176 Å². The number of ether oxygens (including phenoxy) is 10. The average Bonchev–Trinajstić information content (AvgIpc) is 1.44. The zero-order chi connectivity index (χ0) is 92.6. The predicted molar refractivity (Wildman–Crippen MR) is 451 cm³/mol. The number of nitrogens with one attached hydrogen (secondary N) is 2. The van der Waals surface area contributed by atoms with E-state index in [1.54, 1.807) is 27.7 Å². The predicted octanol–water partition coefficient (Wildman–Crippen LogP) is 4.41. The fourth-order valence-electron chi connectivity index (χ4n) is 15.7. The first kappa shape index (κ1) is 113. The van der Waals surface area contributed by atoms with E-state index in [2.05, 4.69) is 15.2 Å². The number of Topliss-reactive ketones (excluding diaryl/α,β-unsaturated/α-hetero) is 5. The molecule has 732 valence electrons. The molecule has 0 spiro atoms. The molecule has 5 saturated heterocycles. The van der Waals surface area contributed by atoms with Crippen LogP contribution in [-0.4, -0.2) is 335 Å². The fourth-order valence-corrected chi connectivity index (χ4v) is 17.3. The van der Waals surface area contributed by atoms with Gasteiger partial charge >= 0.3 is 15.6 Å². The van der Waals surface area contributed by atoms with Gasteiger partial charge in [-0.25, -0.2) is 9.13 Å². The third-order valence-electron chi connectivity index (χ3n) is 23.6. The number of unbranched alkanes of at least 4 members (excludes halogenated alkanes) is 13. The van der Waals surface area contributed by atoms with E-state index in [0.29, 0.717) is 167 Å². The van der Waals surface area contributed by atoms with E-state index in [4.69, 9.17) is 60.9 Å². The number of carbonyl (C=O) groups excluding carboxylic acids is 8. The number of rotatable bonds is 72. The maximum absolute atomic E-state index is 14.2. The lowest BCUT2D eigenvalue weighted by atomic mass is 9.92. The molecule has 126 heavy (non-hydrogen) atoms. The van der Waals surface area contributed by atoms with Gasteiger partial charge in [-0.3, -0.25) is 56.5 Å². The highest BCUT2D eigenvalue weighted by Gasteiger charge is 2.47. The lowest BCUT2D eigenvalue weighted by Crippen LogP contribution is -2.58. The molecule has 5 aliphatic heterocycles. The summed E-state index contributed by atoms with van der Waals surface area (Å²) >= 11 is 0. The summed E-state index contributed by atoms with van der Waals surface area (Å²) in [5, 5.41) is 106. The highest BCUT2D eigenvalue weighted by atomic mass is 31.2. The number of hydrogen-bond acceptors (Lipinski definition) is 34. The van der Waals surface area contributed by atoms with E-state index in [9.17, 15) is 108 Å². The van der Waals surface area contributed by atoms with Gasteiger partial charge in [-0.15, -0.1) is 0 Å². The largest absolute Gasteiger partial charge is 0.472 e. The van der Waals surface area contributed by atoms with Gasteiger partial charge in [0.25, 0.3) is 0 Å². The second kappa shape index (κ2) is 61.9. The number of carbonyl (C=O) groups is 8. The van der Waals surface area contributed by atoms with Crippen LogP contribution in [0.2, 0.25) is 0 Å². The molecule has 0 saturated carbocycles. The number of likely N-dealkylation sites (tertiary alicyclic amines) is 1. The van der Waals surface area contributed by atoms with Crippen LogP contribution in [0.5, 0.6) is 0 Å². The molecule has 22 atom stereocenters. The molecule has 3 amide bonds. The second-order valence-corrected chi connectivity index (χ2v) is 37.2. The van der Waals surface area contributed by atoms with Gasteiger partial charge in [0.2, 0.25) is 17.7 Å². The highest BCUT2D eigenvalue weighted by molar-refractivity contribution is 7.47. The molecule has 0 aromatic carbocycles. The number of hydrogen-bond donors (Lipinski definition) is 14. The molecule has 0 radical (unpaired) electrons. The van der Waals surface area contributed by atoms with Crippen LogP contribution in [-0.2, 0) is 113 Å². The Morgan fingerprint density at radius 3 is 1.19 bits per heavy atom. The summed E-state index contributed by atoms with van der Waals surface area (Å²) in [7, 11) is -8.20. The quantitative estimate of drug-likeness (QED) is 0.0296. The molecular weight excluding hydrogens is 1700 g/mol. The third kappa shape index (κ3) is 43.0. The standard InChI is InChI=1S/C85H151N3O36P2/c1-57-46-68(124-125(107,108)111-5)72(119-57)53-118-126(109,110)123-67-47-61(49-89)88(48-67)75(100)35-17-9-7-6-8-16-34-74(99)87-85(54-112-43-36-65(96)28-14-10-12-26-62(93)31-19-23-40-115-82-58(2)76(101)79(104)69(50-90)120-82,55-113-44-37-66(97)29-15-11-13-27-63(94)32-20-24-41-116-83-59(3)77(102)80(105)70(51-91)121-83)56-114-45-38-73(98)86-39-22-18-30-64(95)33-21-25-42-117-84-60(4)78(103)81(106)71(52-92)122-84/h57-61,67-72,76-84,89-92,101-106H,6-56H2,1-5H3,(H,86,98)(H,87,99)(H,107,108)(H,109,110)/t57-,58?,59?,60?,61-,67+,68-,69?,70?,71?,72+,76+,77+,78+,79-,80-,81-,82+,83+,84+,85?/m0/s1. The van der Waals surface area contributed by atoms with Crippen LogP contribution in [0, 0.1) is 17.8 Å². The number of aliphatic hydroxyl groups is 10. The van der Waals surface area contributed by atoms with Crippen LogP contribution >= 0.6 is 15.6 Å². The van der Waals surface area contributed by atoms with E-state index in [0.717, 1.165) is 7.11 Å². The first-order chi connectivity index (χ1) is 60.2. The SMILES string of the molecule is COP(=O)(O)O[C@H]1C[C@H](C)O[C@@H]1COP(=O)(O)O[C@@H]1C[C@@H](CO)N(C(=O)CCCCCCCCC(=O)NC(COCCC(=O)CCCCCC(=O)CCCCO[C@@H]2OC(CO)[C@H](O)[C@H](O)C2C)(COCCC(=O)CCCCCC(=O)CCCCO[C@@H]2OC(CO)[C@H](O)[C@H](O)C2C)COCCC(=O)NCCCCC(=O)CCCCO[C@@H]2OC(CO)[C@H](O)[C@H](O)C2C)C1. The summed E-state index contributed by atoms with van der Waals surface area (Å²) in [4.78, 5) is 128. The number of amides is 3. The van der Waals surface area contributed by atoms with Gasteiger partial charge in [0.05, 0.1) is 109 Å². The molecule has 5 aliphatic rings. The van der Waals surface area contributed by atoms with Crippen molar-refractivity contribution in [2.75, 3.05) is 113 Å². The molecule has 0 aliphatic carbocycles. The van der Waals surface area contributed by atoms with Gasteiger partial charge < -0.3 is 124 Å². The number of phosphoric acid groups is 2. The number of phosphoric ester groups is 2. The molecule has 5 heterocycles. The van der Waals surface area contributed by atoms with Crippen molar-refractivity contribution >= 4 is 62.3 Å². The monoisotopic (exact) mass is 1850 g/mol. The Kier molecular flexibility index (Phi) is 55.3. The first-order valence-electron chi connectivity index (χ1n) is 45.6. The van der Waals surface area contributed by atoms with Crippen molar-refractivity contribution < 1.29 is 174 Å². The Labute approximate surface area is 741 Å². The van der Waals surface area contributed by atoms with E-state index in [1.807, 2.05) is 0 Å². The number of ketones is 5. The minimum atomic E-state index is -4.77. The zero-order valence-electron chi connectivity index (χ0n) is 74.6. The van der Waals surface area contributed by atoms with Gasteiger partial charge in [-0.1, -0.05) is 59.3 Å². The summed E-state index contributed by atoms with van der Waals surface area (Å²) in [5.41, 5.74) is -1.40. The van der Waals surface area contributed by atoms with Crippen molar-refractivity contribution in [2.45, 2.75) is 362 Å². The lowest BCUT2D eigenvalue weighted by molar-refractivity contribution is -0.282. The Bertz CT molecular complexity index is 3010. The Hall–Kier alpha value is -3.82. The maximum atomic E-state index is 14.2. The van der Waals surface area contributed by atoms with E-state index >= 15 is 0 Å². The molecule has 5 fully saturated rings. The van der Waals surface area contributed by atoms with Crippen molar-refractivity contribution in [2.24, 2.45) is 17.8 Å². The van der Waals surface area contributed by atoms with Crippen LogP contribution < -0.4 is 10.6 Å². The first-order valence-corrected chi connectivity index (χ1v) is 48.6. The van der Waals surface area contributed by atoms with Crippen molar-refractivity contribution in [1.29, 1.82) is 0 Å². The Balaban J connectivity index is 1.12. The fraction of sp³-hybridized carbons (Fsp3) is 0.906. The topological polar surface area (TPSA) is 570 Å². The Morgan fingerprint density at radius 1 is 0.405 bits per heavy atom. The normalized spacial score (nSPS) is 28.4. The molecule has 39 nitrogen and oxygen atoms in total. The van der Waals surface area contributed by atoms with Gasteiger partial charge in [-0.2, -0.15) is 0 Å². The third-order valence-corrected chi connectivity index (χ3v) is 25.6. The van der Waals surface area contributed by atoms with Crippen LogP contribution in [0.4, 0.5) is 0 Å². The van der Waals surface area contributed by atoms with Crippen LogP contribution in [0.15, 0.2) is 0 Å². The molecular formula is C85H151N3O36P2. The van der Waals surface area contributed by atoms with Gasteiger partial charge in [-0.05, 0) is 103 Å². The highest BCUT2D eigenvalue weighted by Crippen LogP contribution is 2.50. The minimum Gasteiger partial charge on any atom is -0.394 e. The van der Waals surface area contributed by atoms with Crippen LogP contribution in [0.3, 0.4) is 0 Å². The lowest BCUT2D eigenvalue weighted by Gasteiger charge is -2.40. The molecule has 41 heteroatoms. The summed E-state index contributed by atoms with van der Waals surface area (Å²) in [5.74, 6) is -2.59. The van der Waals surface area contributed by atoms with Crippen molar-refractivity contribution in [3.05, 3.63) is 0 Å². The zero-order valence-corrected chi connectivity index (χ0v) is 76.4. The van der Waals surface area contributed by atoms with Crippen LogP contribution in [0.1, 0.15) is 252 Å². The Morgan fingerprint density at radius 2 is 0.778 bits per heavy atom. The summed E-state index contributed by atoms with van der Waals surface area (Å²) < 4.78 is 104. The summed E-state index contributed by atoms with van der Waals surface area (Å²) in [6, 6.07) is -0.691. The van der Waals surface area contributed by atoms with Gasteiger partial charge in [0, 0.05) is 148 Å². The van der Waals surface area contributed by atoms with Crippen molar-refractivity contribution in [1.82, 2.24) is 15.5 Å². The molecule has 0 bridgehead atoms. The average molecular weight is 1850 g/mol. The number of aliphatic hydroxyl groups excluding tert-OH is 10. The number of nitrogens with zero attached hydrogens (tertiary/aromatic N) is 1. The maximum Gasteiger partial charge on any atom is 0.472 e. The smallest absolute Gasteiger partial charge is 0.394 e. The van der Waals surface area contributed by atoms with Gasteiger partial charge in [0.15, 0.2) is 18.9 Å². The van der Waals surface area contributed by atoms with E-state index in [1.165, 1.54) is 4.90 Å². The van der Waals surface area contributed by atoms with E-state index in [-0.39, 0.29) is 177 Å². The molecule has 8 unspecified atom stereocenters. The second-order valence-electron chi connectivity index (χ2n) is 34.3.